The number of aromatic nitrogens is 2. The summed E-state index contributed by atoms with van der Waals surface area (Å²) < 4.78 is 7.89. The second-order valence-electron chi connectivity index (χ2n) is 4.73. The Hall–Kier alpha value is -1.75. The first kappa shape index (κ1) is 21.2. The predicted octanol–water partition coefficient (Wildman–Crippen LogP) is 3.74. The van der Waals surface area contributed by atoms with Crippen LogP contribution in [-0.4, -0.2) is 27.8 Å². The van der Waals surface area contributed by atoms with Crippen LogP contribution < -0.4 is 5.56 Å². The van der Waals surface area contributed by atoms with E-state index in [4.69, 9.17) is 16.3 Å². The van der Waals surface area contributed by atoms with E-state index in [1.807, 2.05) is 19.9 Å². The highest BCUT2D eigenvalue weighted by molar-refractivity contribution is 6.18. The zero-order valence-corrected chi connectivity index (χ0v) is 15.4. The van der Waals surface area contributed by atoms with Crippen LogP contribution in [0.3, 0.4) is 0 Å². The third kappa shape index (κ3) is 6.48. The SMILES string of the molecule is C/C=C\CC.CC/C=C/n1c(=O)c(C(=O)OCCCl)c(C)n1C. The molecule has 1 aromatic rings. The largest absolute Gasteiger partial charge is 0.461 e. The average Bonchev–Trinajstić information content (AvgIpc) is 2.74. The number of allylic oxidation sites excluding steroid dienone is 3. The van der Waals surface area contributed by atoms with Gasteiger partial charge in [-0.25, -0.2) is 9.48 Å². The molecule has 0 amide bonds. The highest BCUT2D eigenvalue weighted by Crippen LogP contribution is 2.06. The van der Waals surface area contributed by atoms with Gasteiger partial charge in [-0.3, -0.25) is 9.48 Å². The molecule has 1 heterocycles. The molecular formula is C17H27ClN2O3. The monoisotopic (exact) mass is 342 g/mol. The van der Waals surface area contributed by atoms with Gasteiger partial charge >= 0.3 is 5.97 Å². The van der Waals surface area contributed by atoms with E-state index in [2.05, 4.69) is 19.1 Å². The molecular weight excluding hydrogens is 316 g/mol. The molecule has 0 N–H and O–H groups in total. The molecule has 0 aliphatic rings. The number of nitrogens with zero attached hydrogens (tertiary/aromatic N) is 2. The van der Waals surface area contributed by atoms with Gasteiger partial charge in [0.05, 0.1) is 11.6 Å². The molecule has 0 aromatic carbocycles. The highest BCUT2D eigenvalue weighted by Gasteiger charge is 2.21. The van der Waals surface area contributed by atoms with Gasteiger partial charge in [-0.1, -0.05) is 32.1 Å². The molecule has 0 saturated heterocycles. The number of carbonyl (C=O) groups is 1. The third-order valence-corrected chi connectivity index (χ3v) is 3.21. The number of hydrogen-bond donors (Lipinski definition) is 0. The number of halogens is 1. The Morgan fingerprint density at radius 3 is 2.30 bits per heavy atom. The summed E-state index contributed by atoms with van der Waals surface area (Å²) in [7, 11) is 1.72. The first-order valence-electron chi connectivity index (χ1n) is 7.75. The van der Waals surface area contributed by atoms with Gasteiger partial charge < -0.3 is 4.74 Å². The van der Waals surface area contributed by atoms with Gasteiger partial charge in [0, 0.05) is 13.2 Å². The Morgan fingerprint density at radius 2 is 1.87 bits per heavy atom. The Bertz CT molecular complexity index is 598. The molecule has 0 bridgehead atoms. The number of rotatable bonds is 6. The molecule has 0 aliphatic carbocycles. The minimum atomic E-state index is -0.627. The van der Waals surface area contributed by atoms with Crippen molar-refractivity contribution in [1.82, 2.24) is 9.36 Å². The van der Waals surface area contributed by atoms with Crippen molar-refractivity contribution in [2.45, 2.75) is 40.5 Å². The Labute approximate surface area is 143 Å². The molecule has 0 atom stereocenters. The summed E-state index contributed by atoms with van der Waals surface area (Å²) >= 11 is 5.44. The van der Waals surface area contributed by atoms with Crippen molar-refractivity contribution in [2.75, 3.05) is 12.5 Å². The van der Waals surface area contributed by atoms with Gasteiger partial charge in [0.2, 0.25) is 0 Å². The van der Waals surface area contributed by atoms with Gasteiger partial charge in [-0.15, -0.1) is 11.6 Å². The molecule has 0 aliphatic heterocycles. The smallest absolute Gasteiger partial charge is 0.345 e. The van der Waals surface area contributed by atoms with E-state index >= 15 is 0 Å². The fourth-order valence-corrected chi connectivity index (χ4v) is 1.85. The molecule has 6 heteroatoms. The topological polar surface area (TPSA) is 53.2 Å². The number of esters is 1. The van der Waals surface area contributed by atoms with Crippen molar-refractivity contribution in [2.24, 2.45) is 7.05 Å². The first-order valence-corrected chi connectivity index (χ1v) is 8.28. The summed E-state index contributed by atoms with van der Waals surface area (Å²) in [5.41, 5.74) is 0.253. The molecule has 0 unspecified atom stereocenters. The summed E-state index contributed by atoms with van der Waals surface area (Å²) in [6, 6.07) is 0. The zero-order valence-electron chi connectivity index (χ0n) is 14.6. The highest BCUT2D eigenvalue weighted by atomic mass is 35.5. The number of hydrogen-bond acceptors (Lipinski definition) is 3. The molecule has 5 nitrogen and oxygen atoms in total. The Kier molecular flexibility index (Phi) is 10.9. The summed E-state index contributed by atoms with van der Waals surface area (Å²) in [6.07, 6.45) is 9.64. The molecule has 130 valence electrons. The van der Waals surface area contributed by atoms with E-state index in [-0.39, 0.29) is 23.6 Å². The fourth-order valence-electron chi connectivity index (χ4n) is 1.78. The van der Waals surface area contributed by atoms with Crippen LogP contribution in [0.4, 0.5) is 0 Å². The maximum atomic E-state index is 12.1. The maximum absolute atomic E-state index is 12.1. The van der Waals surface area contributed by atoms with Crippen LogP contribution in [0, 0.1) is 6.92 Å². The fraction of sp³-hybridized carbons (Fsp3) is 0.529. The van der Waals surface area contributed by atoms with Gasteiger partial charge in [-0.05, 0) is 26.7 Å². The van der Waals surface area contributed by atoms with Crippen LogP contribution in [0.2, 0.25) is 0 Å². The third-order valence-electron chi connectivity index (χ3n) is 3.06. The second-order valence-corrected chi connectivity index (χ2v) is 5.11. The second kappa shape index (κ2) is 11.8. The summed E-state index contributed by atoms with van der Waals surface area (Å²) in [5.74, 6) is -0.418. The predicted molar refractivity (Wildman–Crippen MR) is 96.1 cm³/mol. The minimum absolute atomic E-state index is 0.0587. The molecule has 0 radical (unpaired) electrons. The maximum Gasteiger partial charge on any atom is 0.345 e. The lowest BCUT2D eigenvalue weighted by Gasteiger charge is -2.02. The molecule has 0 fully saturated rings. The van der Waals surface area contributed by atoms with Crippen molar-refractivity contribution in [3.63, 3.8) is 0 Å². The minimum Gasteiger partial charge on any atom is -0.461 e. The van der Waals surface area contributed by atoms with Crippen molar-refractivity contribution in [3.8, 4) is 0 Å². The van der Waals surface area contributed by atoms with Crippen LogP contribution in [0.1, 0.15) is 49.7 Å². The Balaban J connectivity index is 0.000000841. The molecule has 1 aromatic heterocycles. The normalized spacial score (nSPS) is 10.9. The van der Waals surface area contributed by atoms with E-state index in [9.17, 15) is 9.59 Å². The van der Waals surface area contributed by atoms with Gasteiger partial charge in [0.15, 0.2) is 0 Å². The van der Waals surface area contributed by atoms with E-state index in [0.717, 1.165) is 12.8 Å². The van der Waals surface area contributed by atoms with Gasteiger partial charge in [-0.2, -0.15) is 0 Å². The van der Waals surface area contributed by atoms with E-state index in [0.29, 0.717) is 5.69 Å². The lowest BCUT2D eigenvalue weighted by molar-refractivity contribution is 0.0526. The molecule has 0 spiro atoms. The first-order chi connectivity index (χ1) is 11.0. The molecule has 0 saturated carbocycles. The standard InChI is InChI=1S/C12H17ClN2O3.C5H10/c1-4-5-7-15-11(16)10(9(2)14(15)3)12(17)18-8-6-13;1-3-5-4-2/h5,7H,4,6,8H2,1-3H3;3,5H,4H2,1-2H3/b7-5+;5-3-. The van der Waals surface area contributed by atoms with Crippen LogP contribution in [0.15, 0.2) is 23.0 Å². The van der Waals surface area contributed by atoms with Crippen molar-refractivity contribution >= 4 is 23.8 Å². The number of alkyl halides is 1. The average molecular weight is 343 g/mol. The lowest BCUT2D eigenvalue weighted by atomic mass is 10.2. The van der Waals surface area contributed by atoms with Gasteiger partial charge in [0.25, 0.3) is 5.56 Å². The van der Waals surface area contributed by atoms with Crippen LogP contribution in [0.5, 0.6) is 0 Å². The molecule has 1 rings (SSSR count). The van der Waals surface area contributed by atoms with E-state index in [1.165, 1.54) is 4.68 Å². The van der Waals surface area contributed by atoms with Crippen LogP contribution >= 0.6 is 11.6 Å². The molecule has 23 heavy (non-hydrogen) atoms. The van der Waals surface area contributed by atoms with Crippen LogP contribution in [-0.2, 0) is 11.8 Å². The van der Waals surface area contributed by atoms with Crippen LogP contribution in [0.25, 0.3) is 6.20 Å². The van der Waals surface area contributed by atoms with E-state index in [1.54, 1.807) is 24.9 Å². The zero-order chi connectivity index (χ0) is 17.8. The van der Waals surface area contributed by atoms with E-state index < -0.39 is 5.97 Å². The number of carbonyl (C=O) groups excluding carboxylic acids is 1. The quantitative estimate of drug-likeness (QED) is 0.449. The summed E-state index contributed by atoms with van der Waals surface area (Å²) in [4.78, 5) is 23.8. The van der Waals surface area contributed by atoms with Crippen molar-refractivity contribution < 1.29 is 9.53 Å². The van der Waals surface area contributed by atoms with Crippen molar-refractivity contribution in [1.29, 1.82) is 0 Å². The lowest BCUT2D eigenvalue weighted by Crippen LogP contribution is -2.21. The summed E-state index contributed by atoms with van der Waals surface area (Å²) in [5, 5.41) is 0. The number of ether oxygens (including phenoxy) is 1. The summed E-state index contributed by atoms with van der Waals surface area (Å²) in [6.45, 7) is 7.92. The van der Waals surface area contributed by atoms with Crippen molar-refractivity contribution in [3.05, 3.63) is 39.8 Å². The van der Waals surface area contributed by atoms with Gasteiger partial charge in [0.1, 0.15) is 12.2 Å². The Morgan fingerprint density at radius 1 is 1.26 bits per heavy atom.